The van der Waals surface area contributed by atoms with Gasteiger partial charge in [-0.05, 0) is 45.0 Å². The first-order valence-electron chi connectivity index (χ1n) is 9.87. The molecule has 0 atom stereocenters. The van der Waals surface area contributed by atoms with Gasteiger partial charge in [-0.3, -0.25) is 20.4 Å². The fourth-order valence-electron chi connectivity index (χ4n) is 2.72. The van der Waals surface area contributed by atoms with Crippen LogP contribution in [-0.2, 0) is 0 Å². The molecular formula is C22H28N2O7. The molecule has 0 aromatic heterocycles. The first-order chi connectivity index (χ1) is 15.0. The Bertz CT molecular complexity index is 865. The molecule has 0 fully saturated rings. The minimum atomic E-state index is -0.548. The third kappa shape index (κ3) is 6.18. The standard InChI is InChI=1S/C22H28N2O7/c1-6-29-18-11-15(12-19(30-7-2)20(18)31-8-3)22(26)24-23-21(25)14-9-16(27-4)13-17(10-14)28-5/h9-13H,6-8H2,1-5H3,(H,23,25)(H,24,26). The van der Waals surface area contributed by atoms with Crippen molar-refractivity contribution < 1.29 is 33.3 Å². The monoisotopic (exact) mass is 432 g/mol. The second kappa shape index (κ2) is 11.5. The maximum Gasteiger partial charge on any atom is 0.269 e. The number of rotatable bonds is 10. The molecule has 2 amide bonds. The van der Waals surface area contributed by atoms with Crippen LogP contribution in [0.2, 0.25) is 0 Å². The lowest BCUT2D eigenvalue weighted by atomic mass is 10.1. The van der Waals surface area contributed by atoms with Gasteiger partial charge in [-0.25, -0.2) is 0 Å². The maximum atomic E-state index is 12.7. The molecule has 0 aliphatic carbocycles. The van der Waals surface area contributed by atoms with Crippen LogP contribution in [0.1, 0.15) is 41.5 Å². The van der Waals surface area contributed by atoms with E-state index < -0.39 is 11.8 Å². The van der Waals surface area contributed by atoms with Crippen LogP contribution in [0.25, 0.3) is 0 Å². The van der Waals surface area contributed by atoms with Crippen LogP contribution in [0, 0.1) is 0 Å². The van der Waals surface area contributed by atoms with Crippen molar-refractivity contribution in [2.45, 2.75) is 20.8 Å². The number of hydrogen-bond donors (Lipinski definition) is 2. The topological polar surface area (TPSA) is 104 Å². The number of ether oxygens (including phenoxy) is 5. The zero-order chi connectivity index (χ0) is 22.8. The summed E-state index contributed by atoms with van der Waals surface area (Å²) in [6.07, 6.45) is 0. The molecule has 2 N–H and O–H groups in total. The maximum absolute atomic E-state index is 12.7. The molecule has 2 aromatic carbocycles. The summed E-state index contributed by atoms with van der Waals surface area (Å²) < 4.78 is 27.2. The first kappa shape index (κ1) is 23.7. The molecule has 2 rings (SSSR count). The van der Waals surface area contributed by atoms with Crippen molar-refractivity contribution in [2.75, 3.05) is 34.0 Å². The van der Waals surface area contributed by atoms with Crippen LogP contribution in [0.15, 0.2) is 30.3 Å². The average molecular weight is 432 g/mol. The van der Waals surface area contributed by atoms with E-state index >= 15 is 0 Å². The van der Waals surface area contributed by atoms with Gasteiger partial charge in [0.2, 0.25) is 5.75 Å². The van der Waals surface area contributed by atoms with Crippen molar-refractivity contribution in [2.24, 2.45) is 0 Å². The van der Waals surface area contributed by atoms with Gasteiger partial charge in [-0.15, -0.1) is 0 Å². The molecule has 0 aliphatic rings. The Kier molecular flexibility index (Phi) is 8.80. The van der Waals surface area contributed by atoms with Gasteiger partial charge in [0.15, 0.2) is 11.5 Å². The quantitative estimate of drug-likeness (QED) is 0.556. The summed E-state index contributed by atoms with van der Waals surface area (Å²) in [5.74, 6) is 0.999. The lowest BCUT2D eigenvalue weighted by Crippen LogP contribution is -2.41. The molecule has 31 heavy (non-hydrogen) atoms. The number of amides is 2. The highest BCUT2D eigenvalue weighted by Crippen LogP contribution is 2.39. The lowest BCUT2D eigenvalue weighted by molar-refractivity contribution is 0.0846. The molecular weight excluding hydrogens is 404 g/mol. The van der Waals surface area contributed by atoms with E-state index in [1.807, 2.05) is 20.8 Å². The smallest absolute Gasteiger partial charge is 0.269 e. The molecule has 2 aromatic rings. The van der Waals surface area contributed by atoms with Gasteiger partial charge in [0.05, 0.1) is 34.0 Å². The van der Waals surface area contributed by atoms with E-state index in [0.29, 0.717) is 48.6 Å². The zero-order valence-corrected chi connectivity index (χ0v) is 18.4. The fourth-order valence-corrected chi connectivity index (χ4v) is 2.72. The molecule has 9 nitrogen and oxygen atoms in total. The number of hydrazine groups is 1. The normalized spacial score (nSPS) is 10.1. The summed E-state index contributed by atoms with van der Waals surface area (Å²) in [7, 11) is 2.96. The summed E-state index contributed by atoms with van der Waals surface area (Å²) >= 11 is 0. The number of benzene rings is 2. The van der Waals surface area contributed by atoms with Crippen molar-refractivity contribution in [3.63, 3.8) is 0 Å². The molecule has 168 valence electrons. The summed E-state index contributed by atoms with van der Waals surface area (Å²) in [6, 6.07) is 7.77. The predicted molar refractivity (Wildman–Crippen MR) is 114 cm³/mol. The van der Waals surface area contributed by atoms with Crippen molar-refractivity contribution in [3.8, 4) is 28.7 Å². The highest BCUT2D eigenvalue weighted by molar-refractivity contribution is 6.00. The van der Waals surface area contributed by atoms with Crippen molar-refractivity contribution in [3.05, 3.63) is 41.5 Å². The van der Waals surface area contributed by atoms with E-state index in [0.717, 1.165) is 0 Å². The van der Waals surface area contributed by atoms with E-state index in [1.165, 1.54) is 38.5 Å². The summed E-state index contributed by atoms with van der Waals surface area (Å²) in [5, 5.41) is 0. The third-order valence-corrected chi connectivity index (χ3v) is 4.07. The third-order valence-electron chi connectivity index (χ3n) is 4.07. The molecule has 0 bridgehead atoms. The largest absolute Gasteiger partial charge is 0.497 e. The van der Waals surface area contributed by atoms with Crippen LogP contribution in [0.4, 0.5) is 0 Å². The van der Waals surface area contributed by atoms with Gasteiger partial charge >= 0.3 is 0 Å². The first-order valence-corrected chi connectivity index (χ1v) is 9.87. The molecule has 0 spiro atoms. The van der Waals surface area contributed by atoms with Gasteiger partial charge in [-0.1, -0.05) is 0 Å². The Labute approximate surface area is 181 Å². The summed E-state index contributed by atoms with van der Waals surface area (Å²) in [6.45, 7) is 6.66. The number of carbonyl (C=O) groups excluding carboxylic acids is 2. The number of carbonyl (C=O) groups is 2. The van der Waals surface area contributed by atoms with Crippen LogP contribution in [0.5, 0.6) is 28.7 Å². The van der Waals surface area contributed by atoms with Gasteiger partial charge in [0, 0.05) is 17.2 Å². The second-order valence-corrected chi connectivity index (χ2v) is 6.11. The molecule has 0 aliphatic heterocycles. The van der Waals surface area contributed by atoms with Crippen molar-refractivity contribution in [1.82, 2.24) is 10.9 Å². The lowest BCUT2D eigenvalue weighted by Gasteiger charge is -2.17. The molecule has 0 saturated heterocycles. The van der Waals surface area contributed by atoms with Gasteiger partial charge < -0.3 is 23.7 Å². The highest BCUT2D eigenvalue weighted by atomic mass is 16.5. The van der Waals surface area contributed by atoms with E-state index in [9.17, 15) is 9.59 Å². The van der Waals surface area contributed by atoms with Gasteiger partial charge in [0.1, 0.15) is 11.5 Å². The van der Waals surface area contributed by atoms with Crippen LogP contribution >= 0.6 is 0 Å². The highest BCUT2D eigenvalue weighted by Gasteiger charge is 2.19. The summed E-state index contributed by atoms with van der Waals surface area (Å²) in [4.78, 5) is 25.2. The van der Waals surface area contributed by atoms with E-state index in [4.69, 9.17) is 23.7 Å². The van der Waals surface area contributed by atoms with Crippen molar-refractivity contribution >= 4 is 11.8 Å². The van der Waals surface area contributed by atoms with Gasteiger partial charge in [-0.2, -0.15) is 0 Å². The fraction of sp³-hybridized carbons (Fsp3) is 0.364. The zero-order valence-electron chi connectivity index (χ0n) is 18.4. The van der Waals surface area contributed by atoms with E-state index in [2.05, 4.69) is 10.9 Å². The number of methoxy groups -OCH3 is 2. The number of nitrogens with one attached hydrogen (secondary N) is 2. The van der Waals surface area contributed by atoms with Crippen LogP contribution < -0.4 is 34.5 Å². The Morgan fingerprint density at radius 1 is 0.677 bits per heavy atom. The van der Waals surface area contributed by atoms with Crippen molar-refractivity contribution in [1.29, 1.82) is 0 Å². The Morgan fingerprint density at radius 3 is 1.48 bits per heavy atom. The van der Waals surface area contributed by atoms with Gasteiger partial charge in [0.25, 0.3) is 11.8 Å². The Hall–Kier alpha value is -3.62. The number of hydrogen-bond acceptors (Lipinski definition) is 7. The van der Waals surface area contributed by atoms with Crippen LogP contribution in [-0.4, -0.2) is 45.9 Å². The molecule has 0 radical (unpaired) electrons. The second-order valence-electron chi connectivity index (χ2n) is 6.11. The predicted octanol–water partition coefficient (Wildman–Crippen LogP) is 2.97. The Morgan fingerprint density at radius 2 is 1.10 bits per heavy atom. The van der Waals surface area contributed by atoms with Crippen LogP contribution in [0.3, 0.4) is 0 Å². The minimum absolute atomic E-state index is 0.235. The minimum Gasteiger partial charge on any atom is -0.497 e. The average Bonchev–Trinajstić information content (AvgIpc) is 2.78. The molecule has 0 saturated carbocycles. The van der Waals surface area contributed by atoms with E-state index in [1.54, 1.807) is 6.07 Å². The molecule has 0 unspecified atom stereocenters. The van der Waals surface area contributed by atoms with E-state index in [-0.39, 0.29) is 11.1 Å². The summed E-state index contributed by atoms with van der Waals surface area (Å²) in [5.41, 5.74) is 5.26. The Balaban J connectivity index is 2.22. The molecule has 0 heterocycles. The molecule has 9 heteroatoms. The SMILES string of the molecule is CCOc1cc(C(=O)NNC(=O)c2cc(OC)cc(OC)c2)cc(OCC)c1OCC.